The van der Waals surface area contributed by atoms with Crippen LogP contribution in [-0.2, 0) is 7.05 Å². The second-order valence-corrected chi connectivity index (χ2v) is 3.81. The molecule has 1 N–H and O–H groups in total. The van der Waals surface area contributed by atoms with Crippen molar-refractivity contribution in [2.24, 2.45) is 7.05 Å². The molecule has 14 heavy (non-hydrogen) atoms. The first-order chi connectivity index (χ1) is 6.59. The fourth-order valence-electron chi connectivity index (χ4n) is 1.27. The van der Waals surface area contributed by atoms with Crippen LogP contribution in [0.25, 0.3) is 6.08 Å². The fraction of sp³-hybridized carbons (Fsp3) is 0.545. The van der Waals surface area contributed by atoms with Crippen molar-refractivity contribution in [3.8, 4) is 0 Å². The smallest absolute Gasteiger partial charge is 0.0665 e. The van der Waals surface area contributed by atoms with Crippen LogP contribution in [0.5, 0.6) is 0 Å². The Balaban J connectivity index is 2.47. The molecule has 0 unspecified atom stereocenters. The van der Waals surface area contributed by atoms with Crippen LogP contribution in [0.15, 0.2) is 12.3 Å². The summed E-state index contributed by atoms with van der Waals surface area (Å²) in [6.45, 7) is 7.22. The van der Waals surface area contributed by atoms with Gasteiger partial charge in [0.15, 0.2) is 0 Å². The van der Waals surface area contributed by atoms with Gasteiger partial charge < -0.3 is 5.32 Å². The highest BCUT2D eigenvalue weighted by atomic mass is 15.2. The van der Waals surface area contributed by atoms with Crippen molar-refractivity contribution in [3.05, 3.63) is 23.5 Å². The summed E-state index contributed by atoms with van der Waals surface area (Å²) in [6.07, 6.45) is 6.27. The van der Waals surface area contributed by atoms with Gasteiger partial charge in [0, 0.05) is 31.4 Å². The largest absolute Gasteiger partial charge is 0.311 e. The Bertz CT molecular complexity index is 310. The molecule has 0 spiro atoms. The lowest BCUT2D eigenvalue weighted by molar-refractivity contribution is 0.633. The maximum Gasteiger partial charge on any atom is 0.0665 e. The monoisotopic (exact) mass is 193 g/mol. The molecule has 0 fully saturated rings. The summed E-state index contributed by atoms with van der Waals surface area (Å²) in [5.74, 6) is 0. The van der Waals surface area contributed by atoms with Crippen molar-refractivity contribution < 1.29 is 0 Å². The first kappa shape index (κ1) is 11.0. The zero-order chi connectivity index (χ0) is 10.6. The molecule has 1 aromatic rings. The molecular weight excluding hydrogens is 174 g/mol. The van der Waals surface area contributed by atoms with Crippen LogP contribution in [0.3, 0.4) is 0 Å². The standard InChI is InChI=1S/C11H19N3/c1-9(2)12-7-5-6-11-8-14(4)13-10(11)3/h5-6,8-9,12H,7H2,1-4H3/b6-5+. The normalized spacial score (nSPS) is 11.8. The van der Waals surface area contributed by atoms with Crippen LogP contribution in [0, 0.1) is 6.92 Å². The van der Waals surface area contributed by atoms with Gasteiger partial charge in [-0.05, 0) is 6.92 Å². The average Bonchev–Trinajstić information content (AvgIpc) is 2.39. The highest BCUT2D eigenvalue weighted by Crippen LogP contribution is 2.06. The molecule has 0 amide bonds. The molecule has 78 valence electrons. The minimum Gasteiger partial charge on any atom is -0.311 e. The molecule has 0 radical (unpaired) electrons. The molecule has 3 nitrogen and oxygen atoms in total. The second kappa shape index (κ2) is 4.96. The Kier molecular flexibility index (Phi) is 3.89. The van der Waals surface area contributed by atoms with Crippen molar-refractivity contribution >= 4 is 6.08 Å². The molecule has 0 bridgehead atoms. The van der Waals surface area contributed by atoms with E-state index in [2.05, 4.69) is 36.4 Å². The lowest BCUT2D eigenvalue weighted by Gasteiger charge is -2.02. The van der Waals surface area contributed by atoms with Gasteiger partial charge in [-0.25, -0.2) is 0 Å². The highest BCUT2D eigenvalue weighted by molar-refractivity contribution is 5.50. The summed E-state index contributed by atoms with van der Waals surface area (Å²) in [7, 11) is 1.94. The van der Waals surface area contributed by atoms with Crippen molar-refractivity contribution in [3.63, 3.8) is 0 Å². The molecule has 0 saturated carbocycles. The Morgan fingerprint density at radius 1 is 1.57 bits per heavy atom. The molecule has 1 heterocycles. The van der Waals surface area contributed by atoms with Gasteiger partial charge in [0.2, 0.25) is 0 Å². The van der Waals surface area contributed by atoms with E-state index in [9.17, 15) is 0 Å². The fourth-order valence-corrected chi connectivity index (χ4v) is 1.27. The van der Waals surface area contributed by atoms with Gasteiger partial charge >= 0.3 is 0 Å². The number of aromatic nitrogens is 2. The zero-order valence-corrected chi connectivity index (χ0v) is 9.41. The lowest BCUT2D eigenvalue weighted by atomic mass is 10.2. The summed E-state index contributed by atoms with van der Waals surface area (Å²) in [4.78, 5) is 0. The predicted molar refractivity (Wildman–Crippen MR) is 60.1 cm³/mol. The molecule has 0 aromatic carbocycles. The molecule has 0 aliphatic rings. The third-order valence-electron chi connectivity index (χ3n) is 1.99. The molecule has 0 saturated heterocycles. The van der Waals surface area contributed by atoms with E-state index >= 15 is 0 Å². The number of rotatable bonds is 4. The van der Waals surface area contributed by atoms with E-state index in [0.29, 0.717) is 6.04 Å². The SMILES string of the molecule is Cc1nn(C)cc1/C=C/CNC(C)C. The van der Waals surface area contributed by atoms with E-state index in [1.54, 1.807) is 0 Å². The lowest BCUT2D eigenvalue weighted by Crippen LogP contribution is -2.22. The topological polar surface area (TPSA) is 29.9 Å². The van der Waals surface area contributed by atoms with E-state index in [0.717, 1.165) is 12.2 Å². The van der Waals surface area contributed by atoms with Crippen molar-refractivity contribution in [1.29, 1.82) is 0 Å². The zero-order valence-electron chi connectivity index (χ0n) is 9.41. The highest BCUT2D eigenvalue weighted by Gasteiger charge is 1.97. The van der Waals surface area contributed by atoms with Crippen LogP contribution in [0.4, 0.5) is 0 Å². The van der Waals surface area contributed by atoms with Crippen molar-refractivity contribution in [2.45, 2.75) is 26.8 Å². The van der Waals surface area contributed by atoms with Crippen LogP contribution in [0.2, 0.25) is 0 Å². The second-order valence-electron chi connectivity index (χ2n) is 3.81. The third-order valence-corrected chi connectivity index (χ3v) is 1.99. The predicted octanol–water partition coefficient (Wildman–Crippen LogP) is 1.74. The third kappa shape index (κ3) is 3.34. The van der Waals surface area contributed by atoms with E-state index in [1.165, 1.54) is 5.56 Å². The Morgan fingerprint density at radius 2 is 2.29 bits per heavy atom. The quantitative estimate of drug-likeness (QED) is 0.789. The van der Waals surface area contributed by atoms with Gasteiger partial charge in [-0.2, -0.15) is 5.10 Å². The number of aryl methyl sites for hydroxylation is 2. The summed E-state index contributed by atoms with van der Waals surface area (Å²) in [5, 5.41) is 7.60. The summed E-state index contributed by atoms with van der Waals surface area (Å²) in [5.41, 5.74) is 2.27. The summed E-state index contributed by atoms with van der Waals surface area (Å²) < 4.78 is 1.84. The number of hydrogen-bond acceptors (Lipinski definition) is 2. The molecule has 1 rings (SSSR count). The molecule has 0 atom stereocenters. The van der Waals surface area contributed by atoms with Gasteiger partial charge in [-0.1, -0.05) is 26.0 Å². The van der Waals surface area contributed by atoms with Crippen LogP contribution < -0.4 is 5.32 Å². The van der Waals surface area contributed by atoms with Crippen LogP contribution >= 0.6 is 0 Å². The van der Waals surface area contributed by atoms with Crippen LogP contribution in [0.1, 0.15) is 25.1 Å². The Hall–Kier alpha value is -1.09. The molecule has 0 aliphatic carbocycles. The van der Waals surface area contributed by atoms with Crippen molar-refractivity contribution in [2.75, 3.05) is 6.54 Å². The summed E-state index contributed by atoms with van der Waals surface area (Å²) in [6, 6.07) is 0.537. The molecule has 3 heteroatoms. The molecular formula is C11H19N3. The van der Waals surface area contributed by atoms with Crippen molar-refractivity contribution in [1.82, 2.24) is 15.1 Å². The number of hydrogen-bond donors (Lipinski definition) is 1. The Morgan fingerprint density at radius 3 is 2.79 bits per heavy atom. The van der Waals surface area contributed by atoms with E-state index < -0.39 is 0 Å². The maximum atomic E-state index is 4.27. The van der Waals surface area contributed by atoms with E-state index in [4.69, 9.17) is 0 Å². The molecule has 0 aliphatic heterocycles. The van der Waals surface area contributed by atoms with E-state index in [1.807, 2.05) is 24.9 Å². The Labute approximate surface area is 85.8 Å². The first-order valence-corrected chi connectivity index (χ1v) is 4.99. The van der Waals surface area contributed by atoms with Gasteiger partial charge in [0.05, 0.1) is 5.69 Å². The summed E-state index contributed by atoms with van der Waals surface area (Å²) >= 11 is 0. The maximum absolute atomic E-state index is 4.27. The first-order valence-electron chi connectivity index (χ1n) is 4.99. The van der Waals surface area contributed by atoms with E-state index in [-0.39, 0.29) is 0 Å². The van der Waals surface area contributed by atoms with Gasteiger partial charge in [-0.3, -0.25) is 4.68 Å². The molecule has 1 aromatic heterocycles. The van der Waals surface area contributed by atoms with Gasteiger partial charge in [0.25, 0.3) is 0 Å². The number of nitrogens with zero attached hydrogens (tertiary/aromatic N) is 2. The average molecular weight is 193 g/mol. The minimum absolute atomic E-state index is 0.537. The van der Waals surface area contributed by atoms with Gasteiger partial charge in [0.1, 0.15) is 0 Å². The van der Waals surface area contributed by atoms with Crippen LogP contribution in [-0.4, -0.2) is 22.4 Å². The van der Waals surface area contributed by atoms with Gasteiger partial charge in [-0.15, -0.1) is 0 Å². The number of nitrogens with one attached hydrogen (secondary N) is 1. The minimum atomic E-state index is 0.537.